The number of hydrogen-bond acceptors (Lipinski definition) is 5. The van der Waals surface area contributed by atoms with Crippen LogP contribution in [0, 0.1) is 0 Å². The van der Waals surface area contributed by atoms with E-state index in [0.29, 0.717) is 21.4 Å². The van der Waals surface area contributed by atoms with Crippen molar-refractivity contribution >= 4 is 39.2 Å². The van der Waals surface area contributed by atoms with Gasteiger partial charge in [0.25, 0.3) is 0 Å². The summed E-state index contributed by atoms with van der Waals surface area (Å²) in [6, 6.07) is 13.9. The van der Waals surface area contributed by atoms with Gasteiger partial charge in [-0.05, 0) is 42.3 Å². The number of carbonyl (C=O) groups excluding carboxylic acids is 1. The minimum atomic E-state index is -4.76. The Bertz CT molecular complexity index is 1340. The van der Waals surface area contributed by atoms with Crippen molar-refractivity contribution in [2.75, 3.05) is 12.4 Å². The topological polar surface area (TPSA) is 82.2 Å². The Labute approximate surface area is 215 Å². The molecule has 1 aromatic heterocycles. The molecular formula is C26H24BrF3N4O2. The monoisotopic (exact) mass is 560 g/mol. The molecule has 0 fully saturated rings. The van der Waals surface area contributed by atoms with E-state index >= 15 is 0 Å². The third kappa shape index (κ3) is 6.06. The van der Waals surface area contributed by atoms with Crippen LogP contribution in [0.5, 0.6) is 0 Å². The average Bonchev–Trinajstić information content (AvgIpc) is 3.27. The highest BCUT2D eigenvalue weighted by Gasteiger charge is 2.35. The number of halogens is 4. The minimum Gasteiger partial charge on any atom is -0.465 e. The normalized spacial score (nSPS) is 12.4. The zero-order valence-electron chi connectivity index (χ0n) is 19.6. The summed E-state index contributed by atoms with van der Waals surface area (Å²) in [6.45, 7) is 5.42. The summed E-state index contributed by atoms with van der Waals surface area (Å²) in [5.41, 5.74) is 7.53. The van der Waals surface area contributed by atoms with Crippen molar-refractivity contribution in [1.29, 1.82) is 0 Å². The predicted octanol–water partition coefficient (Wildman–Crippen LogP) is 6.84. The molecule has 0 saturated heterocycles. The van der Waals surface area contributed by atoms with Gasteiger partial charge < -0.3 is 15.8 Å². The third-order valence-corrected chi connectivity index (χ3v) is 5.69. The van der Waals surface area contributed by atoms with E-state index in [2.05, 4.69) is 32.9 Å². The van der Waals surface area contributed by atoms with Crippen LogP contribution >= 0.6 is 15.9 Å². The number of anilines is 2. The molecule has 0 radical (unpaired) electrons. The van der Waals surface area contributed by atoms with Crippen LogP contribution in [0.2, 0.25) is 0 Å². The molecule has 0 amide bonds. The van der Waals surface area contributed by atoms with Crippen LogP contribution in [0.3, 0.4) is 0 Å². The molecule has 2 aromatic carbocycles. The lowest BCUT2D eigenvalue weighted by Gasteiger charge is -2.16. The molecule has 6 nitrogen and oxygen atoms in total. The van der Waals surface area contributed by atoms with Gasteiger partial charge in [-0.1, -0.05) is 59.8 Å². The second-order valence-electron chi connectivity index (χ2n) is 7.58. The molecule has 36 heavy (non-hydrogen) atoms. The van der Waals surface area contributed by atoms with Gasteiger partial charge in [0.15, 0.2) is 0 Å². The maximum Gasteiger partial charge on any atom is 0.419 e. The number of nitrogens with one attached hydrogen (secondary N) is 1. The molecule has 3 aromatic rings. The molecular weight excluding hydrogens is 537 g/mol. The van der Waals surface area contributed by atoms with Crippen LogP contribution in [-0.4, -0.2) is 29.0 Å². The fraction of sp³-hybridized carbons (Fsp3) is 0.154. The number of carbonyl (C=O) groups is 1. The van der Waals surface area contributed by atoms with Crippen LogP contribution in [0.25, 0.3) is 17.1 Å². The SMILES string of the molecule is C=C/C=C\C(=C(/N)n1nc(-c2cccc(CC)c2)cc1Nc1ccc(Br)cc1C(=O)OC)C(F)(F)F. The molecule has 3 N–H and O–H groups in total. The van der Waals surface area contributed by atoms with Crippen molar-refractivity contribution in [2.24, 2.45) is 5.73 Å². The van der Waals surface area contributed by atoms with E-state index in [9.17, 15) is 18.0 Å². The van der Waals surface area contributed by atoms with Crippen molar-refractivity contribution in [3.8, 4) is 11.3 Å². The number of aryl methyl sites for hydroxylation is 1. The van der Waals surface area contributed by atoms with Crippen LogP contribution in [0.15, 0.2) is 83.4 Å². The molecule has 0 atom stereocenters. The number of alkyl halides is 3. The summed E-state index contributed by atoms with van der Waals surface area (Å²) in [5.74, 6) is -1.17. The van der Waals surface area contributed by atoms with Crippen molar-refractivity contribution in [3.63, 3.8) is 0 Å². The second-order valence-corrected chi connectivity index (χ2v) is 8.49. The molecule has 0 aliphatic rings. The Morgan fingerprint density at radius 3 is 2.64 bits per heavy atom. The highest BCUT2D eigenvalue weighted by atomic mass is 79.9. The predicted molar refractivity (Wildman–Crippen MR) is 139 cm³/mol. The lowest BCUT2D eigenvalue weighted by molar-refractivity contribution is -0.0880. The standard InChI is InChI=1S/C26H24BrF3N4O2/c1-4-6-10-20(26(28,29)30)24(31)34-23(15-22(33-34)17-9-7-8-16(5-2)13-17)32-21-12-11-18(27)14-19(21)25(35)36-3/h4,6-15,32H,1,5,31H2,2-3H3/b10-6-,24-20-. The van der Waals surface area contributed by atoms with Gasteiger partial charge in [-0.25, -0.2) is 9.48 Å². The van der Waals surface area contributed by atoms with Gasteiger partial charge in [0.2, 0.25) is 0 Å². The zero-order valence-corrected chi connectivity index (χ0v) is 21.2. The molecule has 0 spiro atoms. The van der Waals surface area contributed by atoms with E-state index < -0.39 is 23.5 Å². The number of aromatic nitrogens is 2. The van der Waals surface area contributed by atoms with Crippen molar-refractivity contribution in [2.45, 2.75) is 19.5 Å². The maximum atomic E-state index is 13.9. The first-order valence-electron chi connectivity index (χ1n) is 10.8. The summed E-state index contributed by atoms with van der Waals surface area (Å²) in [6.07, 6.45) is -0.808. The first-order chi connectivity index (χ1) is 17.1. The fourth-order valence-corrected chi connectivity index (χ4v) is 3.75. The van der Waals surface area contributed by atoms with E-state index in [-0.39, 0.29) is 11.4 Å². The molecule has 0 aliphatic heterocycles. The van der Waals surface area contributed by atoms with Crippen LogP contribution in [-0.2, 0) is 11.2 Å². The number of esters is 1. The lowest BCUT2D eigenvalue weighted by atomic mass is 10.1. The first kappa shape index (κ1) is 26.8. The Morgan fingerprint density at radius 1 is 1.25 bits per heavy atom. The maximum absolute atomic E-state index is 13.9. The molecule has 0 saturated carbocycles. The molecule has 10 heteroatoms. The van der Waals surface area contributed by atoms with E-state index in [0.717, 1.165) is 28.8 Å². The molecule has 0 aliphatic carbocycles. The fourth-order valence-electron chi connectivity index (χ4n) is 3.39. The summed E-state index contributed by atoms with van der Waals surface area (Å²) in [7, 11) is 1.23. The molecule has 3 rings (SSSR count). The van der Waals surface area contributed by atoms with Crippen LogP contribution in [0.4, 0.5) is 24.7 Å². The van der Waals surface area contributed by atoms with E-state index in [1.807, 2.05) is 25.1 Å². The summed E-state index contributed by atoms with van der Waals surface area (Å²) in [4.78, 5) is 12.3. The van der Waals surface area contributed by atoms with E-state index in [4.69, 9.17) is 10.5 Å². The Hall–Kier alpha value is -3.79. The zero-order chi connectivity index (χ0) is 26.5. The van der Waals surface area contributed by atoms with Crippen molar-refractivity contribution < 1.29 is 22.7 Å². The number of rotatable bonds is 8. The Kier molecular flexibility index (Phi) is 8.41. The van der Waals surface area contributed by atoms with Crippen molar-refractivity contribution in [1.82, 2.24) is 9.78 Å². The van der Waals surface area contributed by atoms with Gasteiger partial charge in [0.1, 0.15) is 11.6 Å². The quantitative estimate of drug-likeness (QED) is 0.233. The average molecular weight is 561 g/mol. The van der Waals surface area contributed by atoms with Gasteiger partial charge in [-0.15, -0.1) is 0 Å². The molecule has 0 bridgehead atoms. The lowest BCUT2D eigenvalue weighted by Crippen LogP contribution is -2.21. The third-order valence-electron chi connectivity index (χ3n) is 5.20. The van der Waals surface area contributed by atoms with Gasteiger partial charge in [-0.3, -0.25) is 0 Å². The van der Waals surface area contributed by atoms with Gasteiger partial charge in [0, 0.05) is 16.1 Å². The number of nitrogens with two attached hydrogens (primary N) is 1. The van der Waals surface area contributed by atoms with Gasteiger partial charge in [0.05, 0.1) is 29.6 Å². The van der Waals surface area contributed by atoms with Gasteiger partial charge >= 0.3 is 12.1 Å². The number of hydrogen-bond donors (Lipinski definition) is 2. The smallest absolute Gasteiger partial charge is 0.419 e. The van der Waals surface area contributed by atoms with Gasteiger partial charge in [-0.2, -0.15) is 18.3 Å². The minimum absolute atomic E-state index is 0.116. The number of nitrogens with zero attached hydrogens (tertiary/aromatic N) is 2. The highest BCUT2D eigenvalue weighted by Crippen LogP contribution is 2.34. The first-order valence-corrected chi connectivity index (χ1v) is 11.6. The van der Waals surface area contributed by atoms with Crippen LogP contribution < -0.4 is 11.1 Å². The Morgan fingerprint density at radius 2 is 2.00 bits per heavy atom. The Balaban J connectivity index is 2.25. The second kappa shape index (κ2) is 11.3. The number of allylic oxidation sites excluding steroid dienone is 4. The number of methoxy groups -OCH3 is 1. The summed E-state index contributed by atoms with van der Waals surface area (Å²) in [5, 5.41) is 7.39. The summed E-state index contributed by atoms with van der Waals surface area (Å²) >= 11 is 3.31. The van der Waals surface area contributed by atoms with E-state index in [1.165, 1.54) is 19.3 Å². The largest absolute Gasteiger partial charge is 0.465 e. The van der Waals surface area contributed by atoms with E-state index in [1.54, 1.807) is 24.3 Å². The van der Waals surface area contributed by atoms with Crippen molar-refractivity contribution in [3.05, 3.63) is 94.5 Å². The van der Waals surface area contributed by atoms with Crippen LogP contribution in [0.1, 0.15) is 22.8 Å². The molecule has 188 valence electrons. The molecule has 0 unspecified atom stereocenters. The highest BCUT2D eigenvalue weighted by molar-refractivity contribution is 9.10. The number of benzene rings is 2. The molecule has 1 heterocycles. The number of ether oxygens (including phenoxy) is 1. The summed E-state index contributed by atoms with van der Waals surface area (Å²) < 4.78 is 48.1.